The number of amides is 1. The van der Waals surface area contributed by atoms with Crippen LogP contribution in [0.5, 0.6) is 0 Å². The van der Waals surface area contributed by atoms with Crippen molar-refractivity contribution >= 4 is 11.9 Å². The van der Waals surface area contributed by atoms with Gasteiger partial charge in [0.05, 0.1) is 11.7 Å². The first kappa shape index (κ1) is 19.7. The Morgan fingerprint density at radius 1 is 1.23 bits per heavy atom. The largest absolute Gasteiger partial charge is 0.368 e. The fourth-order valence-electron chi connectivity index (χ4n) is 3.76. The summed E-state index contributed by atoms with van der Waals surface area (Å²) in [5.41, 5.74) is 7.56. The average molecular weight is 408 g/mol. The lowest BCUT2D eigenvalue weighted by molar-refractivity contribution is 0.0598. The Morgan fingerprint density at radius 2 is 2.07 bits per heavy atom. The first-order chi connectivity index (χ1) is 14.4. The summed E-state index contributed by atoms with van der Waals surface area (Å²) in [6.45, 7) is 0.514. The van der Waals surface area contributed by atoms with Gasteiger partial charge in [0.1, 0.15) is 11.5 Å². The zero-order valence-corrected chi connectivity index (χ0v) is 16.5. The number of benzene rings is 1. The SMILES string of the molecule is Cn1nc(C(=O)N2CCCC[C@@H]2c2nc(N)ncc2-c2cccc(F)c2)ccc1=O. The molecule has 1 saturated heterocycles. The first-order valence-corrected chi connectivity index (χ1v) is 9.68. The minimum atomic E-state index is -0.374. The third kappa shape index (κ3) is 3.78. The number of nitrogens with two attached hydrogens (primary N) is 1. The summed E-state index contributed by atoms with van der Waals surface area (Å²) in [5, 5.41) is 4.09. The standard InChI is InChI=1S/C21H21FN6O2/c1-27-18(29)9-8-16(26-27)20(30)28-10-3-2-7-17(28)19-15(12-24-21(23)25-19)13-5-4-6-14(22)11-13/h4-6,8-9,11-12,17H,2-3,7,10H2,1H3,(H2,23,24,25)/t17-/m1/s1. The Morgan fingerprint density at radius 3 is 2.83 bits per heavy atom. The molecule has 0 unspecified atom stereocenters. The molecular weight excluding hydrogens is 387 g/mol. The Hall–Kier alpha value is -3.62. The molecule has 1 atom stereocenters. The zero-order chi connectivity index (χ0) is 21.3. The molecule has 0 radical (unpaired) electrons. The fourth-order valence-corrected chi connectivity index (χ4v) is 3.76. The lowest BCUT2D eigenvalue weighted by atomic mass is 9.93. The van der Waals surface area contributed by atoms with Crippen molar-refractivity contribution in [2.45, 2.75) is 25.3 Å². The van der Waals surface area contributed by atoms with Crippen molar-refractivity contribution in [3.63, 3.8) is 0 Å². The monoisotopic (exact) mass is 408 g/mol. The van der Waals surface area contributed by atoms with E-state index < -0.39 is 0 Å². The number of carbonyl (C=O) groups is 1. The summed E-state index contributed by atoms with van der Waals surface area (Å²) < 4.78 is 15.0. The van der Waals surface area contributed by atoms with Crippen LogP contribution in [0.4, 0.5) is 10.3 Å². The van der Waals surface area contributed by atoms with E-state index in [0.717, 1.165) is 17.5 Å². The van der Waals surface area contributed by atoms with Gasteiger partial charge in [0.15, 0.2) is 0 Å². The van der Waals surface area contributed by atoms with Crippen molar-refractivity contribution in [3.8, 4) is 11.1 Å². The maximum Gasteiger partial charge on any atom is 0.274 e. The van der Waals surface area contributed by atoms with Crippen molar-refractivity contribution < 1.29 is 9.18 Å². The van der Waals surface area contributed by atoms with Crippen LogP contribution in [0.3, 0.4) is 0 Å². The van der Waals surface area contributed by atoms with E-state index in [4.69, 9.17) is 5.73 Å². The van der Waals surface area contributed by atoms with Gasteiger partial charge in [-0.05, 0) is 43.0 Å². The number of rotatable bonds is 3. The molecule has 1 aliphatic heterocycles. The van der Waals surface area contributed by atoms with E-state index in [1.165, 1.54) is 31.3 Å². The Labute approximate surface area is 172 Å². The van der Waals surface area contributed by atoms with Crippen LogP contribution in [-0.2, 0) is 7.05 Å². The summed E-state index contributed by atoms with van der Waals surface area (Å²) in [7, 11) is 1.50. The quantitative estimate of drug-likeness (QED) is 0.713. The number of piperidine rings is 1. The third-order valence-corrected chi connectivity index (χ3v) is 5.23. The van der Waals surface area contributed by atoms with E-state index in [2.05, 4.69) is 15.1 Å². The lowest BCUT2D eigenvalue weighted by Crippen LogP contribution is -2.40. The van der Waals surface area contributed by atoms with E-state index in [1.54, 1.807) is 23.2 Å². The van der Waals surface area contributed by atoms with Gasteiger partial charge in [-0.15, -0.1) is 0 Å². The molecule has 30 heavy (non-hydrogen) atoms. The number of hydrogen-bond acceptors (Lipinski definition) is 6. The summed E-state index contributed by atoms with van der Waals surface area (Å²) >= 11 is 0. The van der Waals surface area contributed by atoms with Crippen molar-refractivity contribution in [3.05, 3.63) is 70.2 Å². The summed E-state index contributed by atoms with van der Waals surface area (Å²) in [4.78, 5) is 35.1. The van der Waals surface area contributed by atoms with Gasteiger partial charge in [-0.25, -0.2) is 19.0 Å². The van der Waals surface area contributed by atoms with Crippen LogP contribution < -0.4 is 11.3 Å². The van der Waals surface area contributed by atoms with Crippen LogP contribution in [0.25, 0.3) is 11.1 Å². The van der Waals surface area contributed by atoms with Gasteiger partial charge in [0.2, 0.25) is 5.95 Å². The number of nitrogen functional groups attached to an aromatic ring is 1. The molecule has 8 nitrogen and oxygen atoms in total. The number of hydrogen-bond donors (Lipinski definition) is 1. The molecule has 3 aromatic rings. The molecule has 4 rings (SSSR count). The minimum absolute atomic E-state index is 0.0864. The highest BCUT2D eigenvalue weighted by molar-refractivity contribution is 5.92. The summed E-state index contributed by atoms with van der Waals surface area (Å²) in [6.07, 6.45) is 3.98. The molecule has 0 saturated carbocycles. The topological polar surface area (TPSA) is 107 Å². The van der Waals surface area contributed by atoms with E-state index in [-0.39, 0.29) is 35.0 Å². The molecule has 1 fully saturated rings. The van der Waals surface area contributed by atoms with Crippen molar-refractivity contribution in [2.24, 2.45) is 7.05 Å². The molecular formula is C21H21FN6O2. The predicted molar refractivity (Wildman–Crippen MR) is 109 cm³/mol. The van der Waals surface area contributed by atoms with E-state index in [9.17, 15) is 14.0 Å². The molecule has 1 aliphatic rings. The number of halogens is 1. The maximum atomic E-state index is 13.8. The first-order valence-electron chi connectivity index (χ1n) is 9.68. The van der Waals surface area contributed by atoms with E-state index >= 15 is 0 Å². The predicted octanol–water partition coefficient (Wildman–Crippen LogP) is 2.33. The van der Waals surface area contributed by atoms with Crippen molar-refractivity contribution in [1.82, 2.24) is 24.6 Å². The second kappa shape index (κ2) is 8.02. The van der Waals surface area contributed by atoms with Crippen LogP contribution >= 0.6 is 0 Å². The van der Waals surface area contributed by atoms with Gasteiger partial charge in [-0.2, -0.15) is 5.10 Å². The maximum absolute atomic E-state index is 13.8. The van der Waals surface area contributed by atoms with Gasteiger partial charge in [-0.1, -0.05) is 12.1 Å². The van der Waals surface area contributed by atoms with Crippen molar-refractivity contribution in [1.29, 1.82) is 0 Å². The third-order valence-electron chi connectivity index (χ3n) is 5.23. The number of likely N-dealkylation sites (tertiary alicyclic amines) is 1. The van der Waals surface area contributed by atoms with Gasteiger partial charge in [-0.3, -0.25) is 9.59 Å². The molecule has 3 heterocycles. The van der Waals surface area contributed by atoms with Gasteiger partial charge in [0.25, 0.3) is 11.5 Å². The highest BCUT2D eigenvalue weighted by Crippen LogP contribution is 2.36. The smallest absolute Gasteiger partial charge is 0.274 e. The average Bonchev–Trinajstić information content (AvgIpc) is 2.75. The number of nitrogens with zero attached hydrogens (tertiary/aromatic N) is 5. The highest BCUT2D eigenvalue weighted by Gasteiger charge is 2.32. The van der Waals surface area contributed by atoms with Gasteiger partial charge >= 0.3 is 0 Å². The van der Waals surface area contributed by atoms with Crippen LogP contribution in [0, 0.1) is 5.82 Å². The number of aromatic nitrogens is 4. The van der Waals surface area contributed by atoms with E-state index in [0.29, 0.717) is 29.8 Å². The minimum Gasteiger partial charge on any atom is -0.368 e. The fraction of sp³-hybridized carbons (Fsp3) is 0.286. The molecule has 154 valence electrons. The Kier molecular flexibility index (Phi) is 5.26. The van der Waals surface area contributed by atoms with Crippen LogP contribution in [0.15, 0.2) is 47.4 Å². The summed E-state index contributed by atoms with van der Waals surface area (Å²) in [5.74, 6) is -0.581. The number of anilines is 1. The molecule has 0 spiro atoms. The highest BCUT2D eigenvalue weighted by atomic mass is 19.1. The molecule has 0 aliphatic carbocycles. The molecule has 0 bridgehead atoms. The second-order valence-electron chi connectivity index (χ2n) is 7.23. The molecule has 2 N–H and O–H groups in total. The normalized spacial score (nSPS) is 16.5. The second-order valence-corrected chi connectivity index (χ2v) is 7.23. The Bertz CT molecular complexity index is 1160. The van der Waals surface area contributed by atoms with Crippen molar-refractivity contribution in [2.75, 3.05) is 12.3 Å². The van der Waals surface area contributed by atoms with Gasteiger partial charge in [0, 0.05) is 31.4 Å². The molecule has 2 aromatic heterocycles. The van der Waals surface area contributed by atoms with Crippen LogP contribution in [0.1, 0.15) is 41.5 Å². The Balaban J connectivity index is 1.78. The van der Waals surface area contributed by atoms with Crippen LogP contribution in [-0.4, -0.2) is 37.1 Å². The summed E-state index contributed by atoms with van der Waals surface area (Å²) in [6, 6.07) is 8.53. The molecule has 1 aromatic carbocycles. The lowest BCUT2D eigenvalue weighted by Gasteiger charge is -2.36. The molecule has 1 amide bonds. The zero-order valence-electron chi connectivity index (χ0n) is 16.5. The van der Waals surface area contributed by atoms with E-state index in [1.807, 2.05) is 0 Å². The van der Waals surface area contributed by atoms with Crippen LogP contribution in [0.2, 0.25) is 0 Å². The molecule has 9 heteroatoms. The van der Waals surface area contributed by atoms with Gasteiger partial charge < -0.3 is 10.6 Å². The number of aryl methyl sites for hydroxylation is 1. The number of carbonyl (C=O) groups excluding carboxylic acids is 1.